The Bertz CT molecular complexity index is 1230. The van der Waals surface area contributed by atoms with Crippen LogP contribution in [-0.4, -0.2) is 16.7 Å². The predicted molar refractivity (Wildman–Crippen MR) is 121 cm³/mol. The van der Waals surface area contributed by atoms with E-state index in [-0.39, 0.29) is 17.8 Å². The van der Waals surface area contributed by atoms with Crippen LogP contribution in [0.15, 0.2) is 89.6 Å². The molecule has 3 aromatic carbocycles. The number of carbonyl (C=O) groups is 1. The highest BCUT2D eigenvalue weighted by Gasteiger charge is 2.25. The molecule has 3 aromatic rings. The van der Waals surface area contributed by atoms with Crippen LogP contribution < -0.4 is 20.5 Å². The molecule has 6 nitrogen and oxygen atoms in total. The Labute approximate surface area is 187 Å². The van der Waals surface area contributed by atoms with Crippen molar-refractivity contribution < 1.29 is 13.4 Å². The van der Waals surface area contributed by atoms with E-state index in [2.05, 4.69) is 16.2 Å². The van der Waals surface area contributed by atoms with Crippen LogP contribution in [0.1, 0.15) is 27.5 Å². The molecule has 2 heterocycles. The molecule has 0 saturated carbocycles. The lowest BCUT2D eigenvalue weighted by atomic mass is 10.1. The topological polar surface area (TPSA) is 73.5 Å². The number of amides is 1. The van der Waals surface area contributed by atoms with Crippen LogP contribution >= 0.6 is 0 Å². The molecule has 0 spiro atoms. The van der Waals surface area contributed by atoms with Gasteiger partial charge in [0.15, 0.2) is 11.0 Å². The zero-order valence-electron chi connectivity index (χ0n) is 17.0. The van der Waals surface area contributed by atoms with E-state index in [0.717, 1.165) is 17.7 Å². The van der Waals surface area contributed by atoms with Crippen molar-refractivity contribution in [2.24, 2.45) is 0 Å². The maximum absolute atomic E-state index is 13.2. The van der Waals surface area contributed by atoms with Crippen molar-refractivity contribution in [3.05, 3.63) is 107 Å². The number of fused-ring (bicyclic) bond motifs is 1. The quantitative estimate of drug-likeness (QED) is 0.560. The zero-order chi connectivity index (χ0) is 22.1. The van der Waals surface area contributed by atoms with Crippen LogP contribution in [0.4, 0.5) is 10.1 Å². The summed E-state index contributed by atoms with van der Waals surface area (Å²) in [5, 5.41) is 2.82. The van der Waals surface area contributed by atoms with Crippen LogP contribution in [-0.2, 0) is 17.4 Å². The van der Waals surface area contributed by atoms with Gasteiger partial charge in [0.2, 0.25) is 0 Å². The molecule has 0 saturated heterocycles. The SMILES string of the molecule is O=C(NC1=CC(c2ccc(F)cc2)NN1)c1cccc(S(=O)N2CCc3ccccc32)c1. The van der Waals surface area contributed by atoms with E-state index in [1.807, 2.05) is 34.6 Å². The lowest BCUT2D eigenvalue weighted by molar-refractivity contribution is 0.0963. The van der Waals surface area contributed by atoms with E-state index >= 15 is 0 Å². The standard InChI is InChI=1S/C24H21FN4O2S/c25-19-10-8-16(9-11-19)21-15-23(28-27-21)26-24(30)18-5-3-6-20(14-18)32(31)29-13-12-17-4-1-2-7-22(17)29/h1-11,14-15,21,27-28H,12-13H2,(H,26,30). The molecule has 0 aromatic heterocycles. The Morgan fingerprint density at radius 3 is 2.72 bits per heavy atom. The van der Waals surface area contributed by atoms with Crippen molar-refractivity contribution in [2.45, 2.75) is 17.4 Å². The number of benzene rings is 3. The maximum atomic E-state index is 13.2. The van der Waals surface area contributed by atoms with E-state index in [0.29, 0.717) is 22.8 Å². The van der Waals surface area contributed by atoms with Gasteiger partial charge in [0.1, 0.15) is 11.6 Å². The van der Waals surface area contributed by atoms with Crippen LogP contribution in [0, 0.1) is 5.82 Å². The van der Waals surface area contributed by atoms with E-state index in [1.165, 1.54) is 17.7 Å². The number of anilines is 1. The van der Waals surface area contributed by atoms with E-state index in [4.69, 9.17) is 0 Å². The van der Waals surface area contributed by atoms with Crippen molar-refractivity contribution in [3.8, 4) is 0 Å². The van der Waals surface area contributed by atoms with Crippen molar-refractivity contribution in [1.82, 2.24) is 16.2 Å². The molecule has 8 heteroatoms. The first-order valence-electron chi connectivity index (χ1n) is 10.3. The normalized spacial score (nSPS) is 18.0. The summed E-state index contributed by atoms with van der Waals surface area (Å²) in [5.74, 6) is -0.109. The third-order valence-electron chi connectivity index (χ3n) is 5.52. The molecule has 2 aliphatic heterocycles. The Morgan fingerprint density at radius 1 is 1.06 bits per heavy atom. The van der Waals surface area contributed by atoms with Gasteiger partial charge in [-0.3, -0.25) is 9.10 Å². The molecule has 5 rings (SSSR count). The Kier molecular flexibility index (Phi) is 5.46. The molecule has 0 radical (unpaired) electrons. The third-order valence-corrected chi connectivity index (χ3v) is 6.95. The number of nitrogens with one attached hydrogen (secondary N) is 3. The Balaban J connectivity index is 1.29. The fourth-order valence-electron chi connectivity index (χ4n) is 3.88. The average molecular weight is 449 g/mol. The second kappa shape index (κ2) is 8.57. The number of nitrogens with zero attached hydrogens (tertiary/aromatic N) is 1. The zero-order valence-corrected chi connectivity index (χ0v) is 17.9. The summed E-state index contributed by atoms with van der Waals surface area (Å²) in [6.45, 7) is 0.676. The van der Waals surface area contributed by atoms with Gasteiger partial charge in [0.25, 0.3) is 5.91 Å². The molecule has 32 heavy (non-hydrogen) atoms. The highest BCUT2D eigenvalue weighted by molar-refractivity contribution is 7.86. The van der Waals surface area contributed by atoms with Gasteiger partial charge in [-0.2, -0.15) is 0 Å². The Hall–Kier alpha value is -3.49. The van der Waals surface area contributed by atoms with Crippen molar-refractivity contribution >= 4 is 22.6 Å². The summed E-state index contributed by atoms with van der Waals surface area (Å²) in [7, 11) is -1.40. The summed E-state index contributed by atoms with van der Waals surface area (Å²) in [6.07, 6.45) is 2.67. The van der Waals surface area contributed by atoms with Gasteiger partial charge in [-0.05, 0) is 60.0 Å². The summed E-state index contributed by atoms with van der Waals surface area (Å²) in [4.78, 5) is 13.4. The molecular weight excluding hydrogens is 427 g/mol. The van der Waals surface area contributed by atoms with Crippen molar-refractivity contribution in [2.75, 3.05) is 10.8 Å². The van der Waals surface area contributed by atoms with Gasteiger partial charge in [-0.25, -0.2) is 14.0 Å². The maximum Gasteiger partial charge on any atom is 0.256 e. The molecule has 3 N–H and O–H groups in total. The first-order chi connectivity index (χ1) is 15.6. The van der Waals surface area contributed by atoms with Gasteiger partial charge in [-0.1, -0.05) is 36.4 Å². The van der Waals surface area contributed by atoms with Crippen LogP contribution in [0.25, 0.3) is 0 Å². The lowest BCUT2D eigenvalue weighted by Gasteiger charge is -2.18. The second-order valence-corrected chi connectivity index (χ2v) is 9.00. The first kappa shape index (κ1) is 20.4. The largest absolute Gasteiger partial charge is 0.308 e. The summed E-state index contributed by atoms with van der Waals surface area (Å²) in [5.41, 5.74) is 9.40. The number of para-hydroxylation sites is 1. The van der Waals surface area contributed by atoms with Gasteiger partial charge >= 0.3 is 0 Å². The van der Waals surface area contributed by atoms with E-state index < -0.39 is 11.0 Å². The van der Waals surface area contributed by atoms with Crippen molar-refractivity contribution in [1.29, 1.82) is 0 Å². The second-order valence-electron chi connectivity index (χ2n) is 7.59. The highest BCUT2D eigenvalue weighted by atomic mass is 32.2. The number of hydrazine groups is 1. The monoisotopic (exact) mass is 448 g/mol. The molecule has 2 atom stereocenters. The predicted octanol–water partition coefficient (Wildman–Crippen LogP) is 3.33. The number of hydrogen-bond acceptors (Lipinski definition) is 4. The molecule has 162 valence electrons. The average Bonchev–Trinajstić information content (AvgIpc) is 3.46. The smallest absolute Gasteiger partial charge is 0.256 e. The number of carbonyl (C=O) groups excluding carboxylic acids is 1. The third kappa shape index (κ3) is 4.02. The number of hydrogen-bond donors (Lipinski definition) is 3. The fraction of sp³-hybridized carbons (Fsp3) is 0.125. The lowest BCUT2D eigenvalue weighted by Crippen LogP contribution is -2.34. The van der Waals surface area contributed by atoms with Gasteiger partial charge in [0, 0.05) is 12.1 Å². The minimum atomic E-state index is -1.40. The number of halogens is 1. The molecule has 0 bridgehead atoms. The van der Waals surface area contributed by atoms with Gasteiger partial charge in [-0.15, -0.1) is 0 Å². The molecule has 2 unspecified atom stereocenters. The number of rotatable bonds is 5. The molecule has 2 aliphatic rings. The summed E-state index contributed by atoms with van der Waals surface area (Å²) < 4.78 is 28.2. The minimum Gasteiger partial charge on any atom is -0.308 e. The van der Waals surface area contributed by atoms with Crippen LogP contribution in [0.3, 0.4) is 0 Å². The molecular formula is C24H21FN4O2S. The van der Waals surface area contributed by atoms with E-state index in [9.17, 15) is 13.4 Å². The summed E-state index contributed by atoms with van der Waals surface area (Å²) in [6, 6.07) is 20.8. The summed E-state index contributed by atoms with van der Waals surface area (Å²) >= 11 is 0. The van der Waals surface area contributed by atoms with Gasteiger partial charge < -0.3 is 10.7 Å². The first-order valence-corrected chi connectivity index (χ1v) is 11.4. The van der Waals surface area contributed by atoms with E-state index in [1.54, 1.807) is 36.4 Å². The minimum absolute atomic E-state index is 0.194. The molecule has 0 fully saturated rings. The van der Waals surface area contributed by atoms with Gasteiger partial charge in [0.05, 0.1) is 16.6 Å². The Morgan fingerprint density at radius 2 is 1.88 bits per heavy atom. The van der Waals surface area contributed by atoms with Crippen LogP contribution in [0.2, 0.25) is 0 Å². The van der Waals surface area contributed by atoms with Crippen molar-refractivity contribution in [3.63, 3.8) is 0 Å². The molecule has 0 aliphatic carbocycles. The van der Waals surface area contributed by atoms with Crippen LogP contribution in [0.5, 0.6) is 0 Å². The molecule has 1 amide bonds. The fourth-order valence-corrected chi connectivity index (χ4v) is 5.17. The highest BCUT2D eigenvalue weighted by Crippen LogP contribution is 2.31.